The van der Waals surface area contributed by atoms with E-state index in [1.54, 1.807) is 0 Å². The standard InChI is InChI=1S/C16H27N3/c1-3-9-18-10-12-19(13-11-18)14-16(17-2)15-7-5-4-6-8-15/h4-8,16-17H,3,9-14H2,1-2H3. The first-order valence-corrected chi connectivity index (χ1v) is 7.50. The van der Waals surface area contributed by atoms with Gasteiger partial charge < -0.3 is 10.2 Å². The molecule has 0 amide bonds. The van der Waals surface area contributed by atoms with Gasteiger partial charge in [-0.05, 0) is 25.6 Å². The predicted octanol–water partition coefficient (Wildman–Crippen LogP) is 1.97. The Morgan fingerprint density at radius 1 is 1.05 bits per heavy atom. The van der Waals surface area contributed by atoms with Gasteiger partial charge >= 0.3 is 0 Å². The van der Waals surface area contributed by atoms with Crippen LogP contribution in [0.1, 0.15) is 24.9 Å². The van der Waals surface area contributed by atoms with Crippen LogP contribution in [-0.2, 0) is 0 Å². The van der Waals surface area contributed by atoms with Gasteiger partial charge in [-0.1, -0.05) is 37.3 Å². The summed E-state index contributed by atoms with van der Waals surface area (Å²) in [5, 5.41) is 3.45. The van der Waals surface area contributed by atoms with E-state index in [1.807, 2.05) is 0 Å². The first kappa shape index (κ1) is 14.5. The number of benzene rings is 1. The highest BCUT2D eigenvalue weighted by Gasteiger charge is 2.19. The lowest BCUT2D eigenvalue weighted by atomic mass is 10.1. The Morgan fingerprint density at radius 3 is 2.26 bits per heavy atom. The summed E-state index contributed by atoms with van der Waals surface area (Å²) >= 11 is 0. The molecule has 1 aromatic carbocycles. The Morgan fingerprint density at radius 2 is 1.68 bits per heavy atom. The monoisotopic (exact) mass is 261 g/mol. The Balaban J connectivity index is 1.84. The van der Waals surface area contributed by atoms with Crippen molar-refractivity contribution in [2.75, 3.05) is 46.3 Å². The van der Waals surface area contributed by atoms with Gasteiger partial charge in [0.05, 0.1) is 0 Å². The fourth-order valence-electron chi connectivity index (χ4n) is 2.82. The minimum Gasteiger partial charge on any atom is -0.312 e. The molecule has 0 radical (unpaired) electrons. The maximum absolute atomic E-state index is 3.45. The summed E-state index contributed by atoms with van der Waals surface area (Å²) in [4.78, 5) is 5.16. The van der Waals surface area contributed by atoms with E-state index in [1.165, 1.54) is 44.7 Å². The summed E-state index contributed by atoms with van der Waals surface area (Å²) in [6.07, 6.45) is 1.27. The Labute approximate surface area is 117 Å². The molecule has 0 saturated carbocycles. The molecule has 3 heteroatoms. The summed E-state index contributed by atoms with van der Waals surface area (Å²) in [5.41, 5.74) is 1.39. The molecule has 1 heterocycles. The van der Waals surface area contributed by atoms with Gasteiger partial charge in [0, 0.05) is 38.8 Å². The number of hydrogen-bond acceptors (Lipinski definition) is 3. The molecule has 1 fully saturated rings. The predicted molar refractivity (Wildman–Crippen MR) is 81.4 cm³/mol. The highest BCUT2D eigenvalue weighted by atomic mass is 15.3. The molecule has 3 nitrogen and oxygen atoms in total. The Bertz CT molecular complexity index is 344. The van der Waals surface area contributed by atoms with Crippen LogP contribution in [0, 0.1) is 0 Å². The molecule has 0 bridgehead atoms. The molecule has 0 aliphatic carbocycles. The number of nitrogens with one attached hydrogen (secondary N) is 1. The van der Waals surface area contributed by atoms with Crippen molar-refractivity contribution < 1.29 is 0 Å². The lowest BCUT2D eigenvalue weighted by Crippen LogP contribution is -2.48. The zero-order valence-corrected chi connectivity index (χ0v) is 12.3. The summed E-state index contributed by atoms with van der Waals surface area (Å²) < 4.78 is 0. The molecule has 1 aromatic rings. The molecular weight excluding hydrogens is 234 g/mol. The van der Waals surface area contributed by atoms with Crippen LogP contribution < -0.4 is 5.32 Å². The lowest BCUT2D eigenvalue weighted by Gasteiger charge is -2.36. The van der Waals surface area contributed by atoms with E-state index in [4.69, 9.17) is 0 Å². The van der Waals surface area contributed by atoms with Crippen LogP contribution in [0.4, 0.5) is 0 Å². The van der Waals surface area contributed by atoms with Crippen molar-refractivity contribution in [1.29, 1.82) is 0 Å². The zero-order valence-electron chi connectivity index (χ0n) is 12.3. The van der Waals surface area contributed by atoms with Crippen molar-refractivity contribution >= 4 is 0 Å². The number of nitrogens with zero attached hydrogens (tertiary/aromatic N) is 2. The Hall–Kier alpha value is -0.900. The second-order valence-corrected chi connectivity index (χ2v) is 5.39. The lowest BCUT2D eigenvalue weighted by molar-refractivity contribution is 0.124. The van der Waals surface area contributed by atoms with E-state index in [0.717, 1.165) is 6.54 Å². The third kappa shape index (κ3) is 4.30. The molecular formula is C16H27N3. The zero-order chi connectivity index (χ0) is 13.5. The fourth-order valence-corrected chi connectivity index (χ4v) is 2.82. The molecule has 1 N–H and O–H groups in total. The summed E-state index contributed by atoms with van der Waals surface area (Å²) in [7, 11) is 2.06. The number of hydrogen-bond donors (Lipinski definition) is 1. The average molecular weight is 261 g/mol. The van der Waals surface area contributed by atoms with Crippen LogP contribution in [0.15, 0.2) is 30.3 Å². The summed E-state index contributed by atoms with van der Waals surface area (Å²) in [6.45, 7) is 9.47. The number of rotatable bonds is 6. The third-order valence-electron chi connectivity index (χ3n) is 4.00. The van der Waals surface area contributed by atoms with Crippen LogP contribution >= 0.6 is 0 Å². The molecule has 1 unspecified atom stereocenters. The number of likely N-dealkylation sites (N-methyl/N-ethyl adjacent to an activating group) is 1. The van der Waals surface area contributed by atoms with Crippen molar-refractivity contribution in [2.24, 2.45) is 0 Å². The van der Waals surface area contributed by atoms with Gasteiger partial charge in [-0.3, -0.25) is 4.90 Å². The quantitative estimate of drug-likeness (QED) is 0.845. The smallest absolute Gasteiger partial charge is 0.0446 e. The third-order valence-corrected chi connectivity index (χ3v) is 4.00. The minimum absolute atomic E-state index is 0.443. The molecule has 19 heavy (non-hydrogen) atoms. The van der Waals surface area contributed by atoms with Gasteiger partial charge in [-0.25, -0.2) is 0 Å². The van der Waals surface area contributed by atoms with E-state index in [-0.39, 0.29) is 0 Å². The molecule has 1 aliphatic rings. The highest BCUT2D eigenvalue weighted by molar-refractivity contribution is 5.19. The fraction of sp³-hybridized carbons (Fsp3) is 0.625. The van der Waals surface area contributed by atoms with Crippen LogP contribution in [0.2, 0.25) is 0 Å². The van der Waals surface area contributed by atoms with Crippen molar-refractivity contribution in [3.8, 4) is 0 Å². The van der Waals surface area contributed by atoms with Gasteiger partial charge in [0.1, 0.15) is 0 Å². The average Bonchev–Trinajstić information content (AvgIpc) is 2.48. The molecule has 1 saturated heterocycles. The van der Waals surface area contributed by atoms with Gasteiger partial charge in [0.15, 0.2) is 0 Å². The molecule has 2 rings (SSSR count). The van der Waals surface area contributed by atoms with Crippen LogP contribution in [0.25, 0.3) is 0 Å². The maximum Gasteiger partial charge on any atom is 0.0446 e. The second-order valence-electron chi connectivity index (χ2n) is 5.39. The van der Waals surface area contributed by atoms with E-state index in [0.29, 0.717) is 6.04 Å². The van der Waals surface area contributed by atoms with Gasteiger partial charge in [0.2, 0.25) is 0 Å². The van der Waals surface area contributed by atoms with E-state index in [2.05, 4.69) is 59.4 Å². The molecule has 1 atom stereocenters. The van der Waals surface area contributed by atoms with Gasteiger partial charge in [-0.15, -0.1) is 0 Å². The molecule has 106 valence electrons. The van der Waals surface area contributed by atoms with Gasteiger partial charge in [0.25, 0.3) is 0 Å². The highest BCUT2D eigenvalue weighted by Crippen LogP contribution is 2.14. The second kappa shape index (κ2) is 7.63. The number of piperazine rings is 1. The van der Waals surface area contributed by atoms with Crippen LogP contribution in [-0.4, -0.2) is 56.1 Å². The SMILES string of the molecule is CCCN1CCN(CC(NC)c2ccccc2)CC1. The first-order valence-electron chi connectivity index (χ1n) is 7.50. The molecule has 0 aromatic heterocycles. The normalized spacial score (nSPS) is 19.5. The van der Waals surface area contributed by atoms with Crippen molar-refractivity contribution in [1.82, 2.24) is 15.1 Å². The van der Waals surface area contributed by atoms with E-state index in [9.17, 15) is 0 Å². The largest absolute Gasteiger partial charge is 0.312 e. The van der Waals surface area contributed by atoms with Crippen molar-refractivity contribution in [2.45, 2.75) is 19.4 Å². The van der Waals surface area contributed by atoms with Crippen molar-refractivity contribution in [3.63, 3.8) is 0 Å². The topological polar surface area (TPSA) is 18.5 Å². The van der Waals surface area contributed by atoms with E-state index >= 15 is 0 Å². The Kier molecular flexibility index (Phi) is 5.83. The minimum atomic E-state index is 0.443. The van der Waals surface area contributed by atoms with E-state index < -0.39 is 0 Å². The van der Waals surface area contributed by atoms with Gasteiger partial charge in [-0.2, -0.15) is 0 Å². The van der Waals surface area contributed by atoms with Crippen LogP contribution in [0.5, 0.6) is 0 Å². The van der Waals surface area contributed by atoms with Crippen LogP contribution in [0.3, 0.4) is 0 Å². The molecule has 1 aliphatic heterocycles. The molecule has 0 spiro atoms. The maximum atomic E-state index is 3.45. The van der Waals surface area contributed by atoms with Crippen molar-refractivity contribution in [3.05, 3.63) is 35.9 Å². The summed E-state index contributed by atoms with van der Waals surface area (Å²) in [5.74, 6) is 0. The first-order chi connectivity index (χ1) is 9.33. The summed E-state index contributed by atoms with van der Waals surface area (Å²) in [6, 6.07) is 11.2.